The Bertz CT molecular complexity index is 1610. The van der Waals surface area contributed by atoms with Gasteiger partial charge in [0.25, 0.3) is 7.82 Å². The maximum atomic E-state index is 12.7. The summed E-state index contributed by atoms with van der Waals surface area (Å²) in [4.78, 5) is 37.6. The summed E-state index contributed by atoms with van der Waals surface area (Å²) in [5, 5.41) is 0. The van der Waals surface area contributed by atoms with Gasteiger partial charge in [0.2, 0.25) is 0 Å². The van der Waals surface area contributed by atoms with E-state index in [1.165, 1.54) is 12.8 Å². The van der Waals surface area contributed by atoms with Crippen LogP contribution in [0.1, 0.15) is 168 Å². The Morgan fingerprint density at radius 3 is 1.29 bits per heavy atom. The molecule has 0 radical (unpaired) electrons. The van der Waals surface area contributed by atoms with Crippen molar-refractivity contribution in [3.05, 3.63) is 134 Å². The Morgan fingerprint density at radius 1 is 0.471 bits per heavy atom. The molecule has 0 heterocycles. The average Bonchev–Trinajstić information content (AvgIpc) is 3.30. The van der Waals surface area contributed by atoms with Crippen LogP contribution in [-0.4, -0.2) is 70.0 Å². The van der Waals surface area contributed by atoms with Gasteiger partial charge in [-0.2, -0.15) is 0 Å². The van der Waals surface area contributed by atoms with Crippen LogP contribution in [-0.2, 0) is 32.7 Å². The third-order valence-electron chi connectivity index (χ3n) is 10.2. The second kappa shape index (κ2) is 48.2. The molecule has 2 atom stereocenters. The van der Waals surface area contributed by atoms with Crippen LogP contribution in [0.4, 0.5) is 0 Å². The van der Waals surface area contributed by atoms with Crippen LogP contribution in [0.3, 0.4) is 0 Å². The summed E-state index contributed by atoms with van der Waals surface area (Å²) >= 11 is 0. The molecule has 0 aliphatic heterocycles. The van der Waals surface area contributed by atoms with Crippen LogP contribution >= 0.6 is 7.82 Å². The van der Waals surface area contributed by atoms with E-state index in [1.807, 2.05) is 21.1 Å². The standard InChI is InChI=1S/C58H94NO8P/c1-6-8-10-12-14-16-18-19-20-21-22-23-24-25-26-27-28-29-30-31-32-33-34-35-36-37-38-39-41-43-45-47-49-51-58(61)67-56(55-66-68(62,63)65-53-52-59(3,4)5)54-64-57(60)50-48-46-44-42-40-17-15-13-11-9-7-2/h8,10,13-16,19-20,22-23,25-26,28-29,31-32,34-35,37-38,41,43,56H,6-7,9,11-12,17-18,21,24,27,30,33,36,39-40,42,44-55H2,1-5H3/b10-8-,15-13-,16-14-,20-19-,23-22-,26-25-,29-28-,32-31-,35-34-,38-37-,43-41-. The summed E-state index contributed by atoms with van der Waals surface area (Å²) in [7, 11) is 1.11. The Morgan fingerprint density at radius 2 is 0.838 bits per heavy atom. The van der Waals surface area contributed by atoms with Gasteiger partial charge in [-0.1, -0.05) is 180 Å². The van der Waals surface area contributed by atoms with Crippen LogP contribution in [0, 0.1) is 0 Å². The first-order valence-corrected chi connectivity index (χ1v) is 27.4. The fraction of sp³-hybridized carbons (Fsp3) is 0.586. The summed E-state index contributed by atoms with van der Waals surface area (Å²) in [6, 6.07) is 0. The first-order valence-electron chi connectivity index (χ1n) is 25.9. The van der Waals surface area contributed by atoms with Crippen LogP contribution in [0.5, 0.6) is 0 Å². The molecule has 0 rings (SSSR count). The first kappa shape index (κ1) is 64.2. The number of allylic oxidation sites excluding steroid dienone is 22. The molecule has 0 saturated carbocycles. The fourth-order valence-corrected chi connectivity index (χ4v) is 6.86. The zero-order valence-electron chi connectivity index (χ0n) is 43.2. The second-order valence-corrected chi connectivity index (χ2v) is 19.2. The number of hydrogen-bond donors (Lipinski definition) is 0. The van der Waals surface area contributed by atoms with Crippen LogP contribution in [0.15, 0.2) is 134 Å². The van der Waals surface area contributed by atoms with Crippen molar-refractivity contribution in [3.63, 3.8) is 0 Å². The van der Waals surface area contributed by atoms with Gasteiger partial charge in [0, 0.05) is 12.8 Å². The average molecular weight is 964 g/mol. The zero-order chi connectivity index (χ0) is 49.9. The topological polar surface area (TPSA) is 111 Å². The van der Waals surface area contributed by atoms with Crippen molar-refractivity contribution >= 4 is 19.8 Å². The number of likely N-dealkylation sites (N-methyl/N-ethyl adjacent to an activating group) is 1. The number of ether oxygens (including phenoxy) is 2. The molecule has 0 saturated heterocycles. The SMILES string of the molecule is CC/C=C\C/C=C\C/C=C\C/C=C\C/C=C\C/C=C\C/C=C\C/C=C\C/C=C\C/C=C\CCCCC(=O)OC(COC(=O)CCCCCCC/C=C\CCCC)COP(=O)([O-])OCC[N+](C)(C)C. The molecule has 0 fully saturated rings. The normalized spacial score (nSPS) is 14.5. The van der Waals surface area contributed by atoms with E-state index >= 15 is 0 Å². The number of quaternary nitrogens is 1. The lowest BCUT2D eigenvalue weighted by molar-refractivity contribution is -0.870. The summed E-state index contributed by atoms with van der Waals surface area (Å²) < 4.78 is 33.9. The maximum Gasteiger partial charge on any atom is 0.306 e. The van der Waals surface area contributed by atoms with Gasteiger partial charge in [-0.05, 0) is 109 Å². The predicted molar refractivity (Wildman–Crippen MR) is 286 cm³/mol. The van der Waals surface area contributed by atoms with Gasteiger partial charge in [-0.15, -0.1) is 0 Å². The van der Waals surface area contributed by atoms with E-state index in [9.17, 15) is 19.0 Å². The van der Waals surface area contributed by atoms with Gasteiger partial charge in [0.05, 0.1) is 27.7 Å². The van der Waals surface area contributed by atoms with Gasteiger partial charge in [0.1, 0.15) is 19.8 Å². The number of hydrogen-bond acceptors (Lipinski definition) is 8. The molecular weight excluding hydrogens is 870 g/mol. The molecule has 0 bridgehead atoms. The van der Waals surface area contributed by atoms with E-state index in [-0.39, 0.29) is 26.1 Å². The number of phosphoric ester groups is 1. The largest absolute Gasteiger partial charge is 0.756 e. The van der Waals surface area contributed by atoms with Gasteiger partial charge in [-0.25, -0.2) is 0 Å². The lowest BCUT2D eigenvalue weighted by Gasteiger charge is -2.28. The summed E-state index contributed by atoms with van der Waals surface area (Å²) in [5.41, 5.74) is 0. The zero-order valence-corrected chi connectivity index (χ0v) is 44.1. The Hall–Kier alpha value is -3.85. The molecule has 2 unspecified atom stereocenters. The quantitative estimate of drug-likeness (QED) is 0.0195. The number of unbranched alkanes of at least 4 members (excludes halogenated alkanes) is 9. The molecule has 68 heavy (non-hydrogen) atoms. The van der Waals surface area contributed by atoms with Crippen molar-refractivity contribution in [2.75, 3.05) is 47.5 Å². The molecule has 9 nitrogen and oxygen atoms in total. The Balaban J connectivity index is 4.30. The van der Waals surface area contributed by atoms with Crippen LogP contribution in [0.25, 0.3) is 0 Å². The number of nitrogens with zero attached hydrogens (tertiary/aromatic N) is 1. The van der Waals surface area contributed by atoms with E-state index in [2.05, 4.69) is 148 Å². The van der Waals surface area contributed by atoms with Crippen molar-refractivity contribution in [2.24, 2.45) is 0 Å². The van der Waals surface area contributed by atoms with Gasteiger partial charge in [-0.3, -0.25) is 14.2 Å². The highest BCUT2D eigenvalue weighted by Crippen LogP contribution is 2.38. The van der Waals surface area contributed by atoms with Crippen LogP contribution < -0.4 is 4.89 Å². The number of phosphoric acid groups is 1. The lowest BCUT2D eigenvalue weighted by Crippen LogP contribution is -2.37. The number of carbonyl (C=O) groups excluding carboxylic acids is 2. The second-order valence-electron chi connectivity index (χ2n) is 17.8. The van der Waals surface area contributed by atoms with E-state index < -0.39 is 32.5 Å². The number of rotatable bonds is 45. The molecule has 0 aromatic carbocycles. The van der Waals surface area contributed by atoms with E-state index in [0.29, 0.717) is 23.9 Å². The molecule has 0 aromatic heterocycles. The summed E-state index contributed by atoms with van der Waals surface area (Å²) in [6.07, 6.45) is 69.3. The monoisotopic (exact) mass is 964 g/mol. The highest BCUT2D eigenvalue weighted by molar-refractivity contribution is 7.45. The minimum atomic E-state index is -4.65. The minimum absolute atomic E-state index is 0.0484. The third-order valence-corrected chi connectivity index (χ3v) is 11.1. The summed E-state index contributed by atoms with van der Waals surface area (Å²) in [6.45, 7) is 3.98. The van der Waals surface area contributed by atoms with Crippen molar-refractivity contribution in [1.82, 2.24) is 0 Å². The van der Waals surface area contributed by atoms with Crippen molar-refractivity contribution in [3.8, 4) is 0 Å². The lowest BCUT2D eigenvalue weighted by atomic mass is 10.1. The molecule has 0 aromatic rings. The van der Waals surface area contributed by atoms with Crippen LogP contribution in [0.2, 0.25) is 0 Å². The third kappa shape index (κ3) is 51.5. The highest BCUT2D eigenvalue weighted by Gasteiger charge is 2.21. The molecule has 0 amide bonds. The fourth-order valence-electron chi connectivity index (χ4n) is 6.13. The minimum Gasteiger partial charge on any atom is -0.756 e. The maximum absolute atomic E-state index is 12.7. The first-order chi connectivity index (χ1) is 33.0. The van der Waals surface area contributed by atoms with Gasteiger partial charge < -0.3 is 27.9 Å². The Kier molecular flexibility index (Phi) is 45.5. The highest BCUT2D eigenvalue weighted by atomic mass is 31.2. The van der Waals surface area contributed by atoms with E-state index in [0.717, 1.165) is 116 Å². The Labute approximate surface area is 415 Å². The molecule has 384 valence electrons. The molecule has 0 spiro atoms. The van der Waals surface area contributed by atoms with E-state index in [1.54, 1.807) is 0 Å². The van der Waals surface area contributed by atoms with Crippen molar-refractivity contribution in [1.29, 1.82) is 0 Å². The molecule has 0 aliphatic carbocycles. The van der Waals surface area contributed by atoms with E-state index in [4.69, 9.17) is 18.5 Å². The van der Waals surface area contributed by atoms with Crippen molar-refractivity contribution in [2.45, 2.75) is 174 Å². The van der Waals surface area contributed by atoms with Gasteiger partial charge in [0.15, 0.2) is 6.10 Å². The van der Waals surface area contributed by atoms with Crippen molar-refractivity contribution < 1.29 is 42.1 Å². The predicted octanol–water partition coefficient (Wildman–Crippen LogP) is 15.2. The molecule has 10 heteroatoms. The molecule has 0 aliphatic rings. The summed E-state index contributed by atoms with van der Waals surface area (Å²) in [5.74, 6) is -0.911. The van der Waals surface area contributed by atoms with Gasteiger partial charge >= 0.3 is 11.9 Å². The number of carbonyl (C=O) groups is 2. The molecular formula is C58H94NO8P. The smallest absolute Gasteiger partial charge is 0.306 e. The molecule has 0 N–H and O–H groups in total. The number of esters is 2.